The Kier molecular flexibility index (Phi) is 5.53. The van der Waals surface area contributed by atoms with Crippen LogP contribution in [0.25, 0.3) is 22.6 Å². The monoisotopic (exact) mass is 409 g/mol. The first kappa shape index (κ1) is 20.1. The van der Waals surface area contributed by atoms with Crippen molar-refractivity contribution in [3.05, 3.63) is 53.8 Å². The molecule has 1 aliphatic rings. The molecule has 2 atom stereocenters. The summed E-state index contributed by atoms with van der Waals surface area (Å²) >= 11 is 0. The largest absolute Gasteiger partial charge is 0.436 e. The minimum Gasteiger partial charge on any atom is -0.436 e. The molecule has 0 aliphatic heterocycles. The van der Waals surface area contributed by atoms with Crippen LogP contribution in [0, 0.1) is 11.7 Å². The first-order chi connectivity index (χ1) is 14.5. The van der Waals surface area contributed by atoms with E-state index >= 15 is 0 Å². The molecular formula is C23H24FN3O3. The highest BCUT2D eigenvalue weighted by Gasteiger charge is 2.33. The summed E-state index contributed by atoms with van der Waals surface area (Å²) in [5.74, 6) is -0.0288. The number of carbonyl (C=O) groups is 2. The molecule has 2 aromatic carbocycles. The molecule has 0 spiro atoms. The predicted molar refractivity (Wildman–Crippen MR) is 111 cm³/mol. The van der Waals surface area contributed by atoms with E-state index in [9.17, 15) is 14.0 Å². The van der Waals surface area contributed by atoms with E-state index in [0.717, 1.165) is 12.8 Å². The third-order valence-electron chi connectivity index (χ3n) is 5.72. The Morgan fingerprint density at radius 1 is 1.20 bits per heavy atom. The number of hydrogen-bond acceptors (Lipinski definition) is 4. The molecule has 2 amide bonds. The highest BCUT2D eigenvalue weighted by Crippen LogP contribution is 2.30. The lowest BCUT2D eigenvalue weighted by atomic mass is 10.1. The first-order valence-electron chi connectivity index (χ1n) is 10.2. The number of oxazole rings is 1. The summed E-state index contributed by atoms with van der Waals surface area (Å²) in [6.45, 7) is 2.53. The maximum Gasteiger partial charge on any atom is 0.253 e. The maximum atomic E-state index is 13.4. The summed E-state index contributed by atoms with van der Waals surface area (Å²) in [6, 6.07) is 11.3. The molecule has 30 heavy (non-hydrogen) atoms. The van der Waals surface area contributed by atoms with E-state index in [4.69, 9.17) is 4.42 Å². The van der Waals surface area contributed by atoms with Gasteiger partial charge in [0.15, 0.2) is 5.58 Å². The zero-order chi connectivity index (χ0) is 21.3. The minimum atomic E-state index is -0.368. The molecule has 156 valence electrons. The van der Waals surface area contributed by atoms with Crippen molar-refractivity contribution in [2.45, 2.75) is 32.2 Å². The number of halogens is 1. The minimum absolute atomic E-state index is 0.0310. The molecule has 4 rings (SSSR count). The SMILES string of the molecule is CCNC(=O)[C@H]1CCC(N(C)C(=O)c2ccc(-c3nc4cc(F)ccc4o3)cc2)C1. The van der Waals surface area contributed by atoms with Crippen molar-refractivity contribution in [1.29, 1.82) is 0 Å². The normalized spacial score (nSPS) is 18.5. The van der Waals surface area contributed by atoms with Crippen LogP contribution in [0.1, 0.15) is 36.5 Å². The van der Waals surface area contributed by atoms with Crippen LogP contribution in [0.15, 0.2) is 46.9 Å². The Morgan fingerprint density at radius 3 is 2.70 bits per heavy atom. The van der Waals surface area contributed by atoms with Gasteiger partial charge >= 0.3 is 0 Å². The lowest BCUT2D eigenvalue weighted by Gasteiger charge is -2.25. The van der Waals surface area contributed by atoms with Gasteiger partial charge in [-0.3, -0.25) is 9.59 Å². The first-order valence-corrected chi connectivity index (χ1v) is 10.2. The van der Waals surface area contributed by atoms with Crippen LogP contribution >= 0.6 is 0 Å². The number of fused-ring (bicyclic) bond motifs is 1. The topological polar surface area (TPSA) is 75.4 Å². The summed E-state index contributed by atoms with van der Waals surface area (Å²) in [7, 11) is 1.79. The molecule has 1 saturated carbocycles. The fourth-order valence-corrected chi connectivity index (χ4v) is 4.02. The van der Waals surface area contributed by atoms with E-state index in [0.29, 0.717) is 41.1 Å². The van der Waals surface area contributed by atoms with Gasteiger partial charge < -0.3 is 14.6 Å². The Bertz CT molecular complexity index is 1080. The van der Waals surface area contributed by atoms with E-state index < -0.39 is 0 Å². The number of nitrogens with zero attached hydrogens (tertiary/aromatic N) is 2. The van der Waals surface area contributed by atoms with Crippen molar-refractivity contribution in [3.8, 4) is 11.5 Å². The third kappa shape index (κ3) is 3.92. The fourth-order valence-electron chi connectivity index (χ4n) is 4.02. The van der Waals surface area contributed by atoms with Gasteiger partial charge in [-0.1, -0.05) is 0 Å². The lowest BCUT2D eigenvalue weighted by molar-refractivity contribution is -0.124. The van der Waals surface area contributed by atoms with Crippen LogP contribution < -0.4 is 5.32 Å². The molecule has 1 aromatic heterocycles. The van der Waals surface area contributed by atoms with Gasteiger partial charge in [0, 0.05) is 42.7 Å². The molecule has 7 heteroatoms. The van der Waals surface area contributed by atoms with Crippen LogP contribution in [0.3, 0.4) is 0 Å². The standard InChI is InChI=1S/C23H24FN3O3/c1-3-25-21(28)16-8-10-18(12-16)27(2)23(29)15-6-4-14(5-7-15)22-26-19-13-17(24)9-11-20(19)30-22/h4-7,9,11,13,16,18H,3,8,10,12H2,1-2H3,(H,25,28)/t16-,18?/m0/s1. The molecule has 1 unspecified atom stereocenters. The molecule has 0 saturated heterocycles. The van der Waals surface area contributed by atoms with E-state index in [1.807, 2.05) is 6.92 Å². The smallest absolute Gasteiger partial charge is 0.253 e. The maximum absolute atomic E-state index is 13.4. The molecule has 0 bridgehead atoms. The molecule has 3 aromatic rings. The number of carbonyl (C=O) groups excluding carboxylic acids is 2. The fraction of sp³-hybridized carbons (Fsp3) is 0.348. The van der Waals surface area contributed by atoms with Crippen molar-refractivity contribution in [2.75, 3.05) is 13.6 Å². The van der Waals surface area contributed by atoms with E-state index in [2.05, 4.69) is 10.3 Å². The number of benzene rings is 2. The van der Waals surface area contributed by atoms with Gasteiger partial charge in [-0.2, -0.15) is 0 Å². The van der Waals surface area contributed by atoms with Crippen LogP contribution in [-0.4, -0.2) is 41.3 Å². The van der Waals surface area contributed by atoms with Crippen molar-refractivity contribution in [2.24, 2.45) is 5.92 Å². The van der Waals surface area contributed by atoms with Crippen molar-refractivity contribution < 1.29 is 18.4 Å². The van der Waals surface area contributed by atoms with Gasteiger partial charge in [0.05, 0.1) is 0 Å². The Hall–Kier alpha value is -3.22. The molecular weight excluding hydrogens is 385 g/mol. The van der Waals surface area contributed by atoms with Crippen LogP contribution in [0.5, 0.6) is 0 Å². The second kappa shape index (κ2) is 8.26. The van der Waals surface area contributed by atoms with Crippen molar-refractivity contribution >= 4 is 22.9 Å². The van der Waals surface area contributed by atoms with Gasteiger partial charge in [0.1, 0.15) is 11.3 Å². The number of amides is 2. The van der Waals surface area contributed by atoms with Gasteiger partial charge in [-0.25, -0.2) is 9.37 Å². The molecule has 6 nitrogen and oxygen atoms in total. The molecule has 1 N–H and O–H groups in total. The van der Waals surface area contributed by atoms with Gasteiger partial charge in [0.25, 0.3) is 5.91 Å². The van der Waals surface area contributed by atoms with E-state index in [1.54, 1.807) is 42.3 Å². The second-order valence-corrected chi connectivity index (χ2v) is 7.68. The number of rotatable bonds is 5. The number of aromatic nitrogens is 1. The molecule has 1 fully saturated rings. The summed E-state index contributed by atoms with van der Waals surface area (Å²) < 4.78 is 19.0. The molecule has 0 radical (unpaired) electrons. The average molecular weight is 409 g/mol. The highest BCUT2D eigenvalue weighted by atomic mass is 19.1. The summed E-state index contributed by atoms with van der Waals surface area (Å²) in [5.41, 5.74) is 2.23. The zero-order valence-corrected chi connectivity index (χ0v) is 17.0. The van der Waals surface area contributed by atoms with Gasteiger partial charge in [-0.15, -0.1) is 0 Å². The lowest BCUT2D eigenvalue weighted by Crippen LogP contribution is -2.36. The summed E-state index contributed by atoms with van der Waals surface area (Å²) in [6.07, 6.45) is 2.30. The second-order valence-electron chi connectivity index (χ2n) is 7.68. The van der Waals surface area contributed by atoms with E-state index in [1.165, 1.54) is 12.1 Å². The zero-order valence-electron chi connectivity index (χ0n) is 17.0. The van der Waals surface area contributed by atoms with E-state index in [-0.39, 0.29) is 29.6 Å². The number of hydrogen-bond donors (Lipinski definition) is 1. The Morgan fingerprint density at radius 2 is 1.97 bits per heavy atom. The quantitative estimate of drug-likeness (QED) is 0.691. The Balaban J connectivity index is 1.45. The number of nitrogens with one attached hydrogen (secondary N) is 1. The van der Waals surface area contributed by atoms with Crippen molar-refractivity contribution in [1.82, 2.24) is 15.2 Å². The molecule has 1 aliphatic carbocycles. The van der Waals surface area contributed by atoms with Crippen LogP contribution in [0.4, 0.5) is 4.39 Å². The van der Waals surface area contributed by atoms with Crippen LogP contribution in [-0.2, 0) is 4.79 Å². The van der Waals surface area contributed by atoms with Gasteiger partial charge in [-0.05, 0) is 62.6 Å². The van der Waals surface area contributed by atoms with Crippen LogP contribution in [0.2, 0.25) is 0 Å². The highest BCUT2D eigenvalue weighted by molar-refractivity contribution is 5.94. The predicted octanol–water partition coefficient (Wildman–Crippen LogP) is 4.01. The summed E-state index contributed by atoms with van der Waals surface area (Å²) in [5, 5.41) is 2.86. The average Bonchev–Trinajstić information content (AvgIpc) is 3.40. The third-order valence-corrected chi connectivity index (χ3v) is 5.72. The summed E-state index contributed by atoms with van der Waals surface area (Å²) in [4.78, 5) is 31.0. The molecule has 1 heterocycles. The van der Waals surface area contributed by atoms with Gasteiger partial charge in [0.2, 0.25) is 11.8 Å². The Labute approximate surface area is 174 Å². The van der Waals surface area contributed by atoms with Crippen molar-refractivity contribution in [3.63, 3.8) is 0 Å².